The van der Waals surface area contributed by atoms with Gasteiger partial charge >= 0.3 is 5.97 Å². The number of para-hydroxylation sites is 1. The number of fused-ring (bicyclic) bond motifs is 1. The second-order valence-electron chi connectivity index (χ2n) is 5.90. The average Bonchev–Trinajstić information content (AvgIpc) is 2.90. The summed E-state index contributed by atoms with van der Waals surface area (Å²) in [6, 6.07) is 6.08. The van der Waals surface area contributed by atoms with Gasteiger partial charge in [-0.2, -0.15) is 0 Å². The third-order valence-electron chi connectivity index (χ3n) is 4.00. The van der Waals surface area contributed by atoms with E-state index in [0.29, 0.717) is 19.4 Å². The van der Waals surface area contributed by atoms with Crippen LogP contribution < -0.4 is 5.32 Å². The van der Waals surface area contributed by atoms with Gasteiger partial charge in [0.2, 0.25) is 5.91 Å². The Bertz CT molecular complexity index is 676. The summed E-state index contributed by atoms with van der Waals surface area (Å²) in [5.74, 6) is -0.717. The van der Waals surface area contributed by atoms with E-state index in [9.17, 15) is 9.59 Å². The van der Waals surface area contributed by atoms with Crippen molar-refractivity contribution >= 4 is 22.8 Å². The Morgan fingerprint density at radius 1 is 1.17 bits per heavy atom. The summed E-state index contributed by atoms with van der Waals surface area (Å²) in [6.07, 6.45) is 5.94. The molecule has 1 amide bonds. The molecule has 23 heavy (non-hydrogen) atoms. The number of carboxylic acid groups (broad SMARTS) is 1. The number of hydrogen-bond donors (Lipinski definition) is 3. The van der Waals surface area contributed by atoms with Crippen LogP contribution in [0.5, 0.6) is 0 Å². The van der Waals surface area contributed by atoms with Crippen LogP contribution >= 0.6 is 0 Å². The zero-order valence-electron chi connectivity index (χ0n) is 13.5. The van der Waals surface area contributed by atoms with Crippen molar-refractivity contribution in [3.63, 3.8) is 0 Å². The topological polar surface area (TPSA) is 82.2 Å². The first kappa shape index (κ1) is 17.1. The number of rotatable bonds is 9. The van der Waals surface area contributed by atoms with Gasteiger partial charge in [0.05, 0.1) is 6.42 Å². The molecule has 3 N–H and O–H groups in total. The minimum atomic E-state index is -0.743. The lowest BCUT2D eigenvalue weighted by Crippen LogP contribution is -2.26. The Hall–Kier alpha value is -2.30. The molecule has 0 fully saturated rings. The van der Waals surface area contributed by atoms with Crippen molar-refractivity contribution in [1.82, 2.24) is 10.3 Å². The molecule has 2 aromatic rings. The average molecular weight is 316 g/mol. The number of aryl methyl sites for hydroxylation is 1. The van der Waals surface area contributed by atoms with Crippen molar-refractivity contribution < 1.29 is 14.7 Å². The number of hydrogen-bond acceptors (Lipinski definition) is 2. The highest BCUT2D eigenvalue weighted by Crippen LogP contribution is 2.21. The van der Waals surface area contributed by atoms with Crippen LogP contribution in [0.3, 0.4) is 0 Å². The van der Waals surface area contributed by atoms with Crippen LogP contribution in [0.1, 0.15) is 43.2 Å². The number of benzene rings is 1. The highest BCUT2D eigenvalue weighted by molar-refractivity contribution is 5.90. The molecule has 0 spiro atoms. The third-order valence-corrected chi connectivity index (χ3v) is 4.00. The second kappa shape index (κ2) is 8.36. The molecule has 0 radical (unpaired) electrons. The smallest absolute Gasteiger partial charge is 0.303 e. The number of carbonyl (C=O) groups excluding carboxylic acids is 1. The maximum absolute atomic E-state index is 12.0. The molecule has 124 valence electrons. The van der Waals surface area contributed by atoms with Crippen LogP contribution in [-0.4, -0.2) is 28.5 Å². The van der Waals surface area contributed by atoms with Gasteiger partial charge in [0.15, 0.2) is 0 Å². The summed E-state index contributed by atoms with van der Waals surface area (Å²) >= 11 is 0. The lowest BCUT2D eigenvalue weighted by atomic mass is 10.1. The van der Waals surface area contributed by atoms with Crippen LogP contribution in [0, 0.1) is 6.92 Å². The molecule has 0 aliphatic carbocycles. The summed E-state index contributed by atoms with van der Waals surface area (Å²) in [5.41, 5.74) is 3.28. The zero-order valence-corrected chi connectivity index (χ0v) is 13.5. The van der Waals surface area contributed by atoms with Gasteiger partial charge in [-0.05, 0) is 30.9 Å². The summed E-state index contributed by atoms with van der Waals surface area (Å²) in [4.78, 5) is 25.6. The molecule has 0 bridgehead atoms. The quantitative estimate of drug-likeness (QED) is 0.621. The Kier molecular flexibility index (Phi) is 6.20. The van der Waals surface area contributed by atoms with E-state index in [1.807, 2.05) is 31.3 Å². The second-order valence-corrected chi connectivity index (χ2v) is 5.90. The zero-order chi connectivity index (χ0) is 16.7. The molecule has 5 nitrogen and oxygen atoms in total. The highest BCUT2D eigenvalue weighted by atomic mass is 16.4. The van der Waals surface area contributed by atoms with Gasteiger partial charge in [0, 0.05) is 30.1 Å². The van der Waals surface area contributed by atoms with Gasteiger partial charge in [0.25, 0.3) is 0 Å². The fourth-order valence-electron chi connectivity index (χ4n) is 2.73. The first-order valence-corrected chi connectivity index (χ1v) is 8.12. The number of carbonyl (C=O) groups is 2. The first-order valence-electron chi connectivity index (χ1n) is 8.12. The van der Waals surface area contributed by atoms with Crippen LogP contribution in [-0.2, 0) is 16.0 Å². The van der Waals surface area contributed by atoms with E-state index in [1.54, 1.807) is 0 Å². The number of aromatic amines is 1. The number of aromatic nitrogens is 1. The molecule has 0 aliphatic rings. The van der Waals surface area contributed by atoms with E-state index in [1.165, 1.54) is 5.56 Å². The van der Waals surface area contributed by atoms with Crippen LogP contribution in [0.2, 0.25) is 0 Å². The van der Waals surface area contributed by atoms with Crippen molar-refractivity contribution in [1.29, 1.82) is 0 Å². The van der Waals surface area contributed by atoms with Crippen molar-refractivity contribution in [2.24, 2.45) is 0 Å². The van der Waals surface area contributed by atoms with Gasteiger partial charge in [-0.15, -0.1) is 0 Å². The minimum Gasteiger partial charge on any atom is -0.481 e. The third kappa shape index (κ3) is 5.13. The normalized spacial score (nSPS) is 10.8. The molecule has 0 unspecified atom stereocenters. The van der Waals surface area contributed by atoms with Gasteiger partial charge in [0.1, 0.15) is 0 Å². The van der Waals surface area contributed by atoms with E-state index in [0.717, 1.165) is 35.7 Å². The minimum absolute atomic E-state index is 0.0259. The van der Waals surface area contributed by atoms with E-state index < -0.39 is 5.97 Å². The standard InChI is InChI=1S/C18H24N2O3/c1-13-7-6-8-15-14(12-20-18(13)15)11-16(21)19-10-5-3-2-4-9-17(22)23/h6-8,12,20H,2-5,9-11H2,1H3,(H,19,21)(H,22,23). The summed E-state index contributed by atoms with van der Waals surface area (Å²) < 4.78 is 0. The molecular weight excluding hydrogens is 292 g/mol. The van der Waals surface area contributed by atoms with Crippen molar-refractivity contribution in [3.05, 3.63) is 35.5 Å². The van der Waals surface area contributed by atoms with Gasteiger partial charge in [-0.3, -0.25) is 9.59 Å². The van der Waals surface area contributed by atoms with E-state index in [2.05, 4.69) is 10.3 Å². The van der Waals surface area contributed by atoms with Gasteiger partial charge in [-0.1, -0.05) is 31.0 Å². The SMILES string of the molecule is Cc1cccc2c(CC(=O)NCCCCCCC(=O)O)c[nH]c12. The molecule has 1 heterocycles. The molecule has 1 aromatic carbocycles. The molecular formula is C18H24N2O3. The number of nitrogens with one attached hydrogen (secondary N) is 2. The fraction of sp³-hybridized carbons (Fsp3) is 0.444. The maximum atomic E-state index is 12.0. The number of amides is 1. The van der Waals surface area contributed by atoms with Crippen molar-refractivity contribution in [3.8, 4) is 0 Å². The molecule has 2 rings (SSSR count). The summed E-state index contributed by atoms with van der Waals surface area (Å²) in [5, 5.41) is 12.6. The van der Waals surface area contributed by atoms with Gasteiger partial charge < -0.3 is 15.4 Å². The van der Waals surface area contributed by atoms with E-state index in [4.69, 9.17) is 5.11 Å². The monoisotopic (exact) mass is 316 g/mol. The lowest BCUT2D eigenvalue weighted by molar-refractivity contribution is -0.137. The molecule has 0 saturated heterocycles. The van der Waals surface area contributed by atoms with Crippen LogP contribution in [0.4, 0.5) is 0 Å². The number of H-pyrrole nitrogens is 1. The fourth-order valence-corrected chi connectivity index (χ4v) is 2.73. The molecule has 5 heteroatoms. The van der Waals surface area contributed by atoms with E-state index >= 15 is 0 Å². The molecule has 1 aromatic heterocycles. The summed E-state index contributed by atoms with van der Waals surface area (Å²) in [6.45, 7) is 2.69. The number of carboxylic acids is 1. The predicted octanol–water partition coefficient (Wildman–Crippen LogP) is 3.17. The lowest BCUT2D eigenvalue weighted by Gasteiger charge is -2.05. The Labute approximate surface area is 136 Å². The molecule has 0 atom stereocenters. The number of aliphatic carboxylic acids is 1. The Balaban J connectivity index is 1.70. The first-order chi connectivity index (χ1) is 11.1. The summed E-state index contributed by atoms with van der Waals surface area (Å²) in [7, 11) is 0. The van der Waals surface area contributed by atoms with Crippen molar-refractivity contribution in [2.75, 3.05) is 6.54 Å². The Morgan fingerprint density at radius 2 is 1.96 bits per heavy atom. The van der Waals surface area contributed by atoms with Crippen molar-refractivity contribution in [2.45, 2.75) is 45.4 Å². The highest BCUT2D eigenvalue weighted by Gasteiger charge is 2.09. The van der Waals surface area contributed by atoms with Crippen LogP contribution in [0.25, 0.3) is 10.9 Å². The Morgan fingerprint density at radius 3 is 2.74 bits per heavy atom. The van der Waals surface area contributed by atoms with Crippen LogP contribution in [0.15, 0.2) is 24.4 Å². The largest absolute Gasteiger partial charge is 0.481 e. The molecule has 0 aliphatic heterocycles. The predicted molar refractivity (Wildman–Crippen MR) is 90.5 cm³/mol. The van der Waals surface area contributed by atoms with E-state index in [-0.39, 0.29) is 12.3 Å². The number of unbranched alkanes of at least 4 members (excludes halogenated alkanes) is 3. The van der Waals surface area contributed by atoms with Gasteiger partial charge in [-0.25, -0.2) is 0 Å². The molecule has 0 saturated carbocycles. The maximum Gasteiger partial charge on any atom is 0.303 e.